The molecule has 0 aliphatic rings. The zero-order valence-electron chi connectivity index (χ0n) is 15.7. The van der Waals surface area contributed by atoms with Gasteiger partial charge in [0.05, 0.1) is 0 Å². The van der Waals surface area contributed by atoms with Crippen LogP contribution < -0.4 is 5.73 Å². The number of phenols is 2. The van der Waals surface area contributed by atoms with Gasteiger partial charge in [-0.25, -0.2) is 9.79 Å². The summed E-state index contributed by atoms with van der Waals surface area (Å²) in [6, 6.07) is 8.75. The van der Waals surface area contributed by atoms with Crippen molar-refractivity contribution in [2.24, 2.45) is 20.7 Å². The number of nitrogens with zero attached hydrogens (tertiary/aromatic N) is 3. The number of guanidine groups is 1. The number of hydrogen-bond acceptors (Lipinski definition) is 5. The first-order valence-electron chi connectivity index (χ1n) is 8.83. The fourth-order valence-electron chi connectivity index (χ4n) is 2.34. The molecule has 0 aromatic heterocycles. The summed E-state index contributed by atoms with van der Waals surface area (Å²) in [6.45, 7) is 0.273. The molecular weight excluding hydrogens is 520 g/mol. The minimum absolute atomic E-state index is 0.0119. The van der Waals surface area contributed by atoms with Crippen LogP contribution in [-0.4, -0.2) is 52.3 Å². The number of carbonyl (C=O) groups is 1. The Morgan fingerprint density at radius 3 is 2.17 bits per heavy atom. The van der Waals surface area contributed by atoms with Gasteiger partial charge in [0.1, 0.15) is 17.5 Å². The van der Waals surface area contributed by atoms with E-state index in [0.29, 0.717) is 17.5 Å². The fraction of sp³-hybridized carbons (Fsp3) is 0.200. The first-order valence-corrected chi connectivity index (χ1v) is 10.4. The number of aliphatic imine (C=N–C) groups is 3. The lowest BCUT2D eigenvalue weighted by atomic mass is 10.1. The third-order valence-corrected chi connectivity index (χ3v) is 4.89. The summed E-state index contributed by atoms with van der Waals surface area (Å²) >= 11 is 6.59. The van der Waals surface area contributed by atoms with E-state index in [1.807, 2.05) is 0 Å². The molecule has 158 valence electrons. The second-order valence-electron chi connectivity index (χ2n) is 6.18. The Hall–Kier alpha value is -2.72. The highest BCUT2D eigenvalue weighted by atomic mass is 79.9. The van der Waals surface area contributed by atoms with Crippen molar-refractivity contribution >= 4 is 56.2 Å². The molecule has 0 bridgehead atoms. The first kappa shape index (κ1) is 23.6. The number of nitrogens with two attached hydrogens (primary N) is 1. The largest absolute Gasteiger partial charge is 0.507 e. The molecule has 2 rings (SSSR count). The van der Waals surface area contributed by atoms with Crippen LogP contribution in [0.25, 0.3) is 0 Å². The maximum atomic E-state index is 11.4. The van der Waals surface area contributed by atoms with Gasteiger partial charge >= 0.3 is 5.97 Å². The predicted octanol–water partition coefficient (Wildman–Crippen LogP) is 3.71. The molecule has 30 heavy (non-hydrogen) atoms. The Morgan fingerprint density at radius 2 is 1.60 bits per heavy atom. The van der Waals surface area contributed by atoms with Gasteiger partial charge in [-0.15, -0.1) is 0 Å². The highest BCUT2D eigenvalue weighted by Crippen LogP contribution is 2.21. The average molecular weight is 540 g/mol. The number of carboxylic acids is 1. The van der Waals surface area contributed by atoms with Crippen LogP contribution >= 0.6 is 31.9 Å². The molecule has 0 saturated carbocycles. The maximum absolute atomic E-state index is 11.4. The number of benzene rings is 2. The molecule has 10 heteroatoms. The van der Waals surface area contributed by atoms with Gasteiger partial charge in [-0.2, -0.15) is 0 Å². The standard InChI is InChI=1S/C20H20Br2N4O4/c21-14-3-5-17(27)12(8-14)10-25-16(19(29)30)2-1-7-24-20(23)26-11-13-9-15(22)4-6-18(13)28/h3-6,8-11,16,27-28H,1-2,7H2,(H2,23,24)(H,29,30)/b25-10?,26-11+. The molecule has 0 fully saturated rings. The summed E-state index contributed by atoms with van der Waals surface area (Å²) in [6.07, 6.45) is 3.41. The normalized spacial score (nSPS) is 13.2. The van der Waals surface area contributed by atoms with Crippen molar-refractivity contribution in [1.29, 1.82) is 0 Å². The van der Waals surface area contributed by atoms with E-state index < -0.39 is 12.0 Å². The topological polar surface area (TPSA) is 141 Å². The van der Waals surface area contributed by atoms with E-state index in [2.05, 4.69) is 46.8 Å². The smallest absolute Gasteiger partial charge is 0.328 e. The van der Waals surface area contributed by atoms with Gasteiger partial charge in [0.25, 0.3) is 0 Å². The molecule has 0 aliphatic heterocycles. The van der Waals surface area contributed by atoms with Gasteiger partial charge in [-0.1, -0.05) is 31.9 Å². The van der Waals surface area contributed by atoms with Gasteiger partial charge in [-0.3, -0.25) is 9.98 Å². The van der Waals surface area contributed by atoms with Gasteiger partial charge < -0.3 is 21.1 Å². The molecule has 5 N–H and O–H groups in total. The number of hydrogen-bond donors (Lipinski definition) is 4. The molecule has 0 spiro atoms. The lowest BCUT2D eigenvalue weighted by molar-refractivity contribution is -0.138. The maximum Gasteiger partial charge on any atom is 0.328 e. The molecule has 0 amide bonds. The Morgan fingerprint density at radius 1 is 1.03 bits per heavy atom. The fourth-order valence-corrected chi connectivity index (χ4v) is 3.10. The Kier molecular flexibility index (Phi) is 9.00. The molecule has 1 unspecified atom stereocenters. The van der Waals surface area contributed by atoms with Gasteiger partial charge in [0.15, 0.2) is 0 Å². The number of aliphatic carboxylic acids is 1. The van der Waals surface area contributed by atoms with E-state index in [1.165, 1.54) is 24.6 Å². The quantitative estimate of drug-likeness (QED) is 0.230. The number of rotatable bonds is 8. The third-order valence-electron chi connectivity index (χ3n) is 3.90. The molecule has 0 heterocycles. The third kappa shape index (κ3) is 7.60. The van der Waals surface area contributed by atoms with Crippen molar-refractivity contribution in [2.45, 2.75) is 18.9 Å². The minimum Gasteiger partial charge on any atom is -0.507 e. The summed E-state index contributed by atoms with van der Waals surface area (Å²) in [7, 11) is 0. The average Bonchev–Trinajstić information content (AvgIpc) is 2.70. The zero-order valence-corrected chi connectivity index (χ0v) is 18.9. The van der Waals surface area contributed by atoms with Crippen molar-refractivity contribution in [3.05, 3.63) is 56.5 Å². The predicted molar refractivity (Wildman–Crippen MR) is 124 cm³/mol. The van der Waals surface area contributed by atoms with Crippen LogP contribution in [0.5, 0.6) is 11.5 Å². The van der Waals surface area contributed by atoms with Crippen LogP contribution in [0.2, 0.25) is 0 Å². The van der Waals surface area contributed by atoms with E-state index in [4.69, 9.17) is 5.73 Å². The highest BCUT2D eigenvalue weighted by Gasteiger charge is 2.15. The van der Waals surface area contributed by atoms with Gasteiger partial charge in [0.2, 0.25) is 5.96 Å². The van der Waals surface area contributed by atoms with E-state index in [-0.39, 0.29) is 30.4 Å². The van der Waals surface area contributed by atoms with Crippen molar-refractivity contribution in [3.63, 3.8) is 0 Å². The lowest BCUT2D eigenvalue weighted by Crippen LogP contribution is -2.18. The Labute approximate surface area is 190 Å². The number of phenolic OH excluding ortho intramolecular Hbond substituents is 2. The lowest BCUT2D eigenvalue weighted by Gasteiger charge is -2.07. The van der Waals surface area contributed by atoms with Crippen molar-refractivity contribution < 1.29 is 20.1 Å². The van der Waals surface area contributed by atoms with E-state index in [1.54, 1.807) is 24.3 Å². The van der Waals surface area contributed by atoms with Crippen LogP contribution in [0.1, 0.15) is 24.0 Å². The molecule has 8 nitrogen and oxygen atoms in total. The van der Waals surface area contributed by atoms with Crippen molar-refractivity contribution in [2.75, 3.05) is 6.54 Å². The van der Waals surface area contributed by atoms with E-state index >= 15 is 0 Å². The van der Waals surface area contributed by atoms with Gasteiger partial charge in [-0.05, 0) is 49.2 Å². The zero-order chi connectivity index (χ0) is 22.1. The molecule has 0 saturated heterocycles. The molecular formula is C20H20Br2N4O4. The summed E-state index contributed by atoms with van der Waals surface area (Å²) in [5, 5.41) is 28.9. The summed E-state index contributed by atoms with van der Waals surface area (Å²) in [4.78, 5) is 23.5. The van der Waals surface area contributed by atoms with Crippen LogP contribution in [0.3, 0.4) is 0 Å². The van der Waals surface area contributed by atoms with Gasteiger partial charge in [0, 0.05) is 39.0 Å². The minimum atomic E-state index is -1.07. The first-order chi connectivity index (χ1) is 14.3. The SMILES string of the molecule is NC(=NCCCC(N=Cc1cc(Br)ccc1O)C(=O)O)/N=C/c1cc(Br)ccc1O. The summed E-state index contributed by atoms with van der Waals surface area (Å²) in [5.41, 5.74) is 6.64. The molecule has 2 aromatic rings. The van der Waals surface area contributed by atoms with Crippen LogP contribution in [0.15, 0.2) is 60.3 Å². The Bertz CT molecular complexity index is 993. The molecule has 1 atom stereocenters. The summed E-state index contributed by atoms with van der Waals surface area (Å²) < 4.78 is 1.53. The molecule has 0 radical (unpaired) electrons. The number of carboxylic acid groups (broad SMARTS) is 1. The van der Waals surface area contributed by atoms with Crippen molar-refractivity contribution in [3.8, 4) is 11.5 Å². The highest BCUT2D eigenvalue weighted by molar-refractivity contribution is 9.10. The second-order valence-corrected chi connectivity index (χ2v) is 8.01. The second kappa shape index (κ2) is 11.5. The summed E-state index contributed by atoms with van der Waals surface area (Å²) in [5.74, 6) is -0.976. The monoisotopic (exact) mass is 538 g/mol. The van der Waals surface area contributed by atoms with Crippen LogP contribution in [0.4, 0.5) is 0 Å². The van der Waals surface area contributed by atoms with Crippen LogP contribution in [-0.2, 0) is 4.79 Å². The molecule has 0 aliphatic carbocycles. The van der Waals surface area contributed by atoms with Crippen LogP contribution in [0, 0.1) is 0 Å². The van der Waals surface area contributed by atoms with Crippen molar-refractivity contribution in [1.82, 2.24) is 0 Å². The molecule has 2 aromatic carbocycles. The number of halogens is 2. The Balaban J connectivity index is 1.91. The number of aromatic hydroxyl groups is 2. The van der Waals surface area contributed by atoms with E-state index in [9.17, 15) is 20.1 Å². The van der Waals surface area contributed by atoms with E-state index in [0.717, 1.165) is 8.95 Å².